The molecule has 1 unspecified atom stereocenters. The lowest BCUT2D eigenvalue weighted by Crippen LogP contribution is -2.40. The number of aromatic amines is 1. The van der Waals surface area contributed by atoms with Crippen LogP contribution in [0.4, 0.5) is 4.39 Å². The molecule has 1 aromatic carbocycles. The summed E-state index contributed by atoms with van der Waals surface area (Å²) in [5, 5.41) is 9.61. The van der Waals surface area contributed by atoms with Crippen LogP contribution in [0.15, 0.2) is 35.4 Å². The number of carbonyl (C=O) groups is 1. The van der Waals surface area contributed by atoms with Crippen LogP contribution >= 0.6 is 0 Å². The lowest BCUT2D eigenvalue weighted by atomic mass is 9.94. The average molecular weight is 408 g/mol. The molecular weight excluding hydrogens is 383 g/mol. The molecule has 1 fully saturated rings. The molecule has 0 radical (unpaired) electrons. The van der Waals surface area contributed by atoms with Crippen molar-refractivity contribution in [2.24, 2.45) is 5.92 Å². The van der Waals surface area contributed by atoms with Gasteiger partial charge in [0.15, 0.2) is 0 Å². The molecule has 2 aromatic rings. The zero-order valence-corrected chi connectivity index (χ0v) is 16.6. The minimum Gasteiger partial charge on any atom is -0.352 e. The number of carbonyl (C=O) groups excluding carboxylic acids is 1. The number of benzene rings is 1. The van der Waals surface area contributed by atoms with Crippen molar-refractivity contribution in [3.63, 3.8) is 0 Å². The molecule has 3 rings (SSSR count). The Bertz CT molecular complexity index is 929. The van der Waals surface area contributed by atoms with Crippen LogP contribution in [0.2, 0.25) is 0 Å². The van der Waals surface area contributed by atoms with Crippen LogP contribution in [-0.4, -0.2) is 41.9 Å². The van der Waals surface area contributed by atoms with Gasteiger partial charge in [-0.05, 0) is 50.3 Å². The molecule has 1 aliphatic heterocycles. The van der Waals surface area contributed by atoms with Gasteiger partial charge in [-0.3, -0.25) is 9.89 Å². The molecule has 0 saturated carbocycles. The van der Waals surface area contributed by atoms with Crippen molar-refractivity contribution in [2.45, 2.75) is 44.0 Å². The first-order chi connectivity index (χ1) is 13.4. The third kappa shape index (κ3) is 4.96. The Morgan fingerprint density at radius 1 is 1.43 bits per heavy atom. The second-order valence-corrected chi connectivity index (χ2v) is 9.10. The van der Waals surface area contributed by atoms with E-state index >= 15 is 0 Å². The molecule has 152 valence electrons. The predicted molar refractivity (Wildman–Crippen MR) is 102 cm³/mol. The van der Waals surface area contributed by atoms with E-state index in [4.69, 9.17) is 0 Å². The van der Waals surface area contributed by atoms with E-state index in [0.717, 1.165) is 30.2 Å². The molecule has 1 saturated heterocycles. The lowest BCUT2D eigenvalue weighted by molar-refractivity contribution is -0.121. The first kappa shape index (κ1) is 20.5. The molecule has 9 heteroatoms. The molecule has 28 heavy (non-hydrogen) atoms. The lowest BCUT2D eigenvalue weighted by Gasteiger charge is -2.32. The maximum atomic E-state index is 13.4. The summed E-state index contributed by atoms with van der Waals surface area (Å²) in [5.41, 5.74) is 1.86. The smallest absolute Gasteiger partial charge is 0.243 e. The predicted octanol–water partition coefficient (Wildman–Crippen LogP) is 2.35. The number of hydrogen-bond acceptors (Lipinski definition) is 4. The van der Waals surface area contributed by atoms with Crippen molar-refractivity contribution in [3.05, 3.63) is 47.5 Å². The summed E-state index contributed by atoms with van der Waals surface area (Å²) in [5.74, 6) is -0.525. The Balaban J connectivity index is 1.52. The number of nitrogens with zero attached hydrogens (tertiary/aromatic N) is 2. The van der Waals surface area contributed by atoms with E-state index in [1.54, 1.807) is 6.20 Å². The van der Waals surface area contributed by atoms with Crippen LogP contribution in [0.5, 0.6) is 0 Å². The van der Waals surface area contributed by atoms with Crippen LogP contribution in [0.3, 0.4) is 0 Å². The van der Waals surface area contributed by atoms with Gasteiger partial charge in [0.05, 0.1) is 11.1 Å². The van der Waals surface area contributed by atoms with E-state index in [0.29, 0.717) is 32.5 Å². The zero-order chi connectivity index (χ0) is 20.1. The number of sulfonamides is 1. The number of aromatic nitrogens is 2. The molecule has 2 N–H and O–H groups in total. The Hall–Kier alpha value is -2.26. The van der Waals surface area contributed by atoms with Gasteiger partial charge in [0.1, 0.15) is 5.82 Å². The van der Waals surface area contributed by atoms with Gasteiger partial charge in [-0.15, -0.1) is 0 Å². The number of halogens is 1. The second kappa shape index (κ2) is 8.83. The molecule has 2 heterocycles. The maximum absolute atomic E-state index is 13.4. The summed E-state index contributed by atoms with van der Waals surface area (Å²) < 4.78 is 40.3. The van der Waals surface area contributed by atoms with Crippen LogP contribution < -0.4 is 5.32 Å². The van der Waals surface area contributed by atoms with Gasteiger partial charge >= 0.3 is 0 Å². The highest BCUT2D eigenvalue weighted by Crippen LogP contribution is 2.26. The molecular formula is C19H25FN4O3S. The number of aryl methyl sites for hydroxylation is 1. The maximum Gasteiger partial charge on any atom is 0.243 e. The summed E-state index contributed by atoms with van der Waals surface area (Å²) in [6, 6.07) is 5.08. The molecule has 7 nitrogen and oxygen atoms in total. The number of nitrogens with one attached hydrogen (secondary N) is 2. The fourth-order valence-corrected chi connectivity index (χ4v) is 5.02. The fraction of sp³-hybridized carbons (Fsp3) is 0.474. The average Bonchev–Trinajstić information content (AvgIpc) is 3.10. The van der Waals surface area contributed by atoms with Crippen molar-refractivity contribution in [3.8, 4) is 0 Å². The highest BCUT2D eigenvalue weighted by atomic mass is 32.2. The minimum atomic E-state index is -3.72. The third-order valence-corrected chi connectivity index (χ3v) is 6.97. The summed E-state index contributed by atoms with van der Waals surface area (Å²) in [4.78, 5) is 12.1. The first-order valence-corrected chi connectivity index (χ1v) is 10.8. The van der Waals surface area contributed by atoms with Gasteiger partial charge in [-0.1, -0.05) is 6.07 Å². The summed E-state index contributed by atoms with van der Waals surface area (Å²) in [7, 11) is -3.72. The normalized spacial score (nSPS) is 18.1. The summed E-state index contributed by atoms with van der Waals surface area (Å²) >= 11 is 0. The van der Waals surface area contributed by atoms with Gasteiger partial charge in [0.25, 0.3) is 0 Å². The van der Waals surface area contributed by atoms with Crippen molar-refractivity contribution < 1.29 is 17.6 Å². The SMILES string of the molecule is Cc1[nH]ncc1CNC(=O)CCC1CCCN(S(=O)(=O)c2cccc(F)c2)C1. The largest absolute Gasteiger partial charge is 0.352 e. The zero-order valence-electron chi connectivity index (χ0n) is 15.8. The van der Waals surface area contributed by atoms with Gasteiger partial charge in [-0.25, -0.2) is 12.8 Å². The number of amides is 1. The van der Waals surface area contributed by atoms with Gasteiger partial charge < -0.3 is 5.32 Å². The minimum absolute atomic E-state index is 0.0265. The molecule has 1 atom stereocenters. The highest BCUT2D eigenvalue weighted by molar-refractivity contribution is 7.89. The van der Waals surface area contributed by atoms with E-state index < -0.39 is 15.8 Å². The summed E-state index contributed by atoms with van der Waals surface area (Å²) in [6.45, 7) is 3.09. The van der Waals surface area contributed by atoms with Crippen LogP contribution in [0.25, 0.3) is 0 Å². The van der Waals surface area contributed by atoms with Crippen molar-refractivity contribution in [2.75, 3.05) is 13.1 Å². The number of rotatable bonds is 7. The first-order valence-electron chi connectivity index (χ1n) is 9.37. The number of piperidine rings is 1. The van der Waals surface area contributed by atoms with Gasteiger partial charge in [-0.2, -0.15) is 9.40 Å². The molecule has 0 bridgehead atoms. The van der Waals surface area contributed by atoms with Crippen molar-refractivity contribution in [1.29, 1.82) is 0 Å². The van der Waals surface area contributed by atoms with Crippen molar-refractivity contribution >= 4 is 15.9 Å². The van der Waals surface area contributed by atoms with E-state index in [-0.39, 0.29) is 16.7 Å². The van der Waals surface area contributed by atoms with Crippen molar-refractivity contribution in [1.82, 2.24) is 19.8 Å². The highest BCUT2D eigenvalue weighted by Gasteiger charge is 2.30. The molecule has 0 spiro atoms. The van der Waals surface area contributed by atoms with Gasteiger partial charge in [0.2, 0.25) is 15.9 Å². The molecule has 1 aliphatic rings. The third-order valence-electron chi connectivity index (χ3n) is 5.11. The Kier molecular flexibility index (Phi) is 6.46. The van der Waals surface area contributed by atoms with Crippen LogP contribution in [0, 0.1) is 18.7 Å². The fourth-order valence-electron chi connectivity index (χ4n) is 3.43. The number of H-pyrrole nitrogens is 1. The Labute approximate surface area is 164 Å². The Morgan fingerprint density at radius 3 is 2.96 bits per heavy atom. The van der Waals surface area contributed by atoms with Crippen LogP contribution in [-0.2, 0) is 21.4 Å². The van der Waals surface area contributed by atoms with E-state index in [1.807, 2.05) is 6.92 Å². The Morgan fingerprint density at radius 2 is 2.25 bits per heavy atom. The number of hydrogen-bond donors (Lipinski definition) is 2. The molecule has 0 aliphatic carbocycles. The second-order valence-electron chi connectivity index (χ2n) is 7.16. The summed E-state index contributed by atoms with van der Waals surface area (Å²) in [6.07, 6.45) is 4.25. The topological polar surface area (TPSA) is 95.2 Å². The van der Waals surface area contributed by atoms with Crippen LogP contribution in [0.1, 0.15) is 36.9 Å². The molecule has 1 amide bonds. The van der Waals surface area contributed by atoms with E-state index in [2.05, 4.69) is 15.5 Å². The monoisotopic (exact) mass is 408 g/mol. The van der Waals surface area contributed by atoms with E-state index in [9.17, 15) is 17.6 Å². The van der Waals surface area contributed by atoms with E-state index in [1.165, 1.54) is 22.5 Å². The standard InChI is InChI=1S/C19H25FN4O3S/c1-14-16(12-22-23-14)11-21-19(25)8-7-15-4-3-9-24(13-15)28(26,27)18-6-2-5-17(20)10-18/h2,5-6,10,12,15H,3-4,7-9,11,13H2,1H3,(H,21,25)(H,22,23). The van der Waals surface area contributed by atoms with Gasteiger partial charge in [0, 0.05) is 37.3 Å². The molecule has 1 aromatic heterocycles. The quantitative estimate of drug-likeness (QED) is 0.735.